The fourth-order valence-electron chi connectivity index (χ4n) is 2.63. The van der Waals surface area contributed by atoms with Gasteiger partial charge in [-0.2, -0.15) is 18.6 Å². The summed E-state index contributed by atoms with van der Waals surface area (Å²) in [5, 5.41) is 23.2. The van der Waals surface area contributed by atoms with Gasteiger partial charge in [-0.15, -0.1) is 0 Å². The van der Waals surface area contributed by atoms with Crippen LogP contribution in [0, 0.1) is 10.8 Å². The number of hydrogen-bond acceptors (Lipinski definition) is 5. The van der Waals surface area contributed by atoms with Gasteiger partial charge < -0.3 is 5.32 Å². The molecule has 0 bridgehead atoms. The molecule has 2 rings (SSSR count). The van der Waals surface area contributed by atoms with Crippen LogP contribution in [0.2, 0.25) is 5.15 Å². The summed E-state index contributed by atoms with van der Waals surface area (Å²) >= 11 is 5.90. The van der Waals surface area contributed by atoms with E-state index in [1.54, 1.807) is 39.1 Å². The zero-order chi connectivity index (χ0) is 23.0. The third-order valence-electron chi connectivity index (χ3n) is 4.08. The minimum absolute atomic E-state index is 0.215. The fourth-order valence-corrected chi connectivity index (χ4v) is 2.80. The van der Waals surface area contributed by atoms with Crippen molar-refractivity contribution in [3.05, 3.63) is 88.8 Å². The van der Waals surface area contributed by atoms with E-state index in [0.29, 0.717) is 15.8 Å². The number of nitrogens with zero attached hydrogens (tertiary/aromatic N) is 3. The number of alkyl halides is 2. The normalized spacial score (nSPS) is 13.2. The summed E-state index contributed by atoms with van der Waals surface area (Å²) < 4.78 is 31.4. The summed E-state index contributed by atoms with van der Waals surface area (Å²) in [7, 11) is 1.65. The molecule has 162 valence electrons. The predicted octanol–water partition coefficient (Wildman–Crippen LogP) is 4.72. The highest BCUT2D eigenvalue weighted by atomic mass is 35.5. The summed E-state index contributed by atoms with van der Waals surface area (Å²) in [6.45, 7) is 3.47. The Bertz CT molecular complexity index is 1130. The number of allylic oxidation sites excluding steroid dienone is 7. The van der Waals surface area contributed by atoms with E-state index < -0.39 is 17.3 Å². The van der Waals surface area contributed by atoms with Crippen LogP contribution in [0.3, 0.4) is 0 Å². The number of aromatic nitrogens is 3. The lowest BCUT2D eigenvalue weighted by Gasteiger charge is -2.20. The maximum atomic E-state index is 15.4. The molecule has 31 heavy (non-hydrogen) atoms. The number of halogens is 3. The third-order valence-corrected chi connectivity index (χ3v) is 4.29. The van der Waals surface area contributed by atoms with Gasteiger partial charge in [-0.3, -0.25) is 10.8 Å². The first-order valence-electron chi connectivity index (χ1n) is 9.30. The first kappa shape index (κ1) is 23.9. The molecular formula is C22H23ClF2N6. The molecule has 0 aliphatic heterocycles. The Morgan fingerprint density at radius 2 is 2.03 bits per heavy atom. The van der Waals surface area contributed by atoms with Gasteiger partial charge in [0.15, 0.2) is 5.84 Å². The van der Waals surface area contributed by atoms with E-state index in [2.05, 4.69) is 15.4 Å². The zero-order valence-corrected chi connectivity index (χ0v) is 18.1. The Hall–Kier alpha value is -3.39. The molecule has 2 aromatic heterocycles. The Morgan fingerprint density at radius 3 is 2.68 bits per heavy atom. The predicted molar refractivity (Wildman–Crippen MR) is 119 cm³/mol. The minimum Gasteiger partial charge on any atom is -0.394 e. The summed E-state index contributed by atoms with van der Waals surface area (Å²) in [4.78, 5) is 3.88. The van der Waals surface area contributed by atoms with E-state index >= 15 is 8.78 Å². The lowest BCUT2D eigenvalue weighted by atomic mass is 10.0. The molecule has 0 amide bonds. The van der Waals surface area contributed by atoms with E-state index in [1.165, 1.54) is 48.8 Å². The second-order valence-corrected chi connectivity index (χ2v) is 6.85. The number of nitrogens with one attached hydrogen (secondary N) is 3. The van der Waals surface area contributed by atoms with Gasteiger partial charge >= 0.3 is 5.92 Å². The van der Waals surface area contributed by atoms with Gasteiger partial charge in [0, 0.05) is 24.4 Å². The zero-order valence-electron chi connectivity index (χ0n) is 17.3. The summed E-state index contributed by atoms with van der Waals surface area (Å²) in [5.41, 5.74) is 0.630. The van der Waals surface area contributed by atoms with Crippen molar-refractivity contribution in [1.29, 1.82) is 10.8 Å². The summed E-state index contributed by atoms with van der Waals surface area (Å²) in [5.74, 6) is -4.86. The molecule has 0 aromatic carbocycles. The van der Waals surface area contributed by atoms with Crippen LogP contribution >= 0.6 is 11.6 Å². The van der Waals surface area contributed by atoms with Crippen LogP contribution in [-0.4, -0.2) is 33.6 Å². The van der Waals surface area contributed by atoms with Crippen molar-refractivity contribution in [3.63, 3.8) is 0 Å². The van der Waals surface area contributed by atoms with Gasteiger partial charge in [-0.25, -0.2) is 4.98 Å². The lowest BCUT2D eigenvalue weighted by molar-refractivity contribution is 0.117. The van der Waals surface area contributed by atoms with Crippen LogP contribution in [0.25, 0.3) is 11.3 Å². The van der Waals surface area contributed by atoms with Crippen molar-refractivity contribution in [2.75, 3.05) is 7.05 Å². The van der Waals surface area contributed by atoms with E-state index in [9.17, 15) is 0 Å². The van der Waals surface area contributed by atoms with Crippen molar-refractivity contribution in [1.82, 2.24) is 20.1 Å². The van der Waals surface area contributed by atoms with Gasteiger partial charge in [-0.05, 0) is 56.5 Å². The van der Waals surface area contributed by atoms with Gasteiger partial charge in [-0.1, -0.05) is 35.4 Å². The molecule has 0 radical (unpaired) electrons. The van der Waals surface area contributed by atoms with Gasteiger partial charge in [0.05, 0.1) is 5.69 Å². The standard InChI is InChI=1S/C22H23ClF2N6/c1-4-6-15(2)13-17(7-5-11-28-3)22(24,25)21(27)31-20(26)9-8-18(30-31)16-10-12-29-19(23)14-16/h4-14,26-28H,1-3H3/b6-4-,11-5+,15-13+,17-7+,26-20?,27-21?. The SMILES string of the molecule is C\C=C/C(C)=C/C(=C\C=C\NC)C(F)(F)C(=N)n1nc(-c2ccnc(Cl)c2)ccc1=N. The Labute approximate surface area is 184 Å². The quantitative estimate of drug-likeness (QED) is 0.250. The number of hydrogen-bond donors (Lipinski definition) is 3. The molecule has 2 aromatic rings. The molecule has 6 nitrogen and oxygen atoms in total. The van der Waals surface area contributed by atoms with Crippen molar-refractivity contribution in [2.45, 2.75) is 19.8 Å². The van der Waals surface area contributed by atoms with Gasteiger partial charge in [0.1, 0.15) is 10.6 Å². The maximum absolute atomic E-state index is 15.4. The number of pyridine rings is 1. The van der Waals surface area contributed by atoms with E-state index in [0.717, 1.165) is 0 Å². The minimum atomic E-state index is -3.72. The van der Waals surface area contributed by atoms with Crippen molar-refractivity contribution < 1.29 is 8.78 Å². The topological polar surface area (TPSA) is 90.4 Å². The molecular weight excluding hydrogens is 422 g/mol. The highest BCUT2D eigenvalue weighted by Gasteiger charge is 2.40. The average molecular weight is 445 g/mol. The molecule has 0 fully saturated rings. The second-order valence-electron chi connectivity index (χ2n) is 6.46. The molecule has 0 atom stereocenters. The molecule has 3 N–H and O–H groups in total. The van der Waals surface area contributed by atoms with Crippen LogP contribution in [0.1, 0.15) is 13.8 Å². The molecule has 9 heteroatoms. The monoisotopic (exact) mass is 444 g/mol. The fraction of sp³-hybridized carbons (Fsp3) is 0.182. The summed E-state index contributed by atoms with van der Waals surface area (Å²) in [6.07, 6.45) is 10.3. The average Bonchev–Trinajstić information content (AvgIpc) is 2.73. The molecule has 2 heterocycles. The van der Waals surface area contributed by atoms with Crippen molar-refractivity contribution in [2.24, 2.45) is 0 Å². The number of rotatable bonds is 7. The molecule has 0 aliphatic carbocycles. The molecule has 0 saturated carbocycles. The maximum Gasteiger partial charge on any atom is 0.331 e. The summed E-state index contributed by atoms with van der Waals surface area (Å²) in [6, 6.07) is 5.93. The van der Waals surface area contributed by atoms with Crippen LogP contribution in [-0.2, 0) is 0 Å². The van der Waals surface area contributed by atoms with Crippen molar-refractivity contribution >= 4 is 17.4 Å². The van der Waals surface area contributed by atoms with Crippen LogP contribution < -0.4 is 10.8 Å². The Kier molecular flexibility index (Phi) is 8.15. The highest BCUT2D eigenvalue weighted by molar-refractivity contribution is 6.29. The molecule has 0 saturated heterocycles. The second kappa shape index (κ2) is 10.6. The Balaban J connectivity index is 2.57. The molecule has 0 spiro atoms. The largest absolute Gasteiger partial charge is 0.394 e. The van der Waals surface area contributed by atoms with Gasteiger partial charge in [0.25, 0.3) is 0 Å². The van der Waals surface area contributed by atoms with Crippen molar-refractivity contribution in [3.8, 4) is 11.3 Å². The molecule has 0 aliphatic rings. The Morgan fingerprint density at radius 1 is 1.29 bits per heavy atom. The first-order valence-corrected chi connectivity index (χ1v) is 9.68. The van der Waals surface area contributed by atoms with Crippen LogP contribution in [0.4, 0.5) is 8.78 Å². The van der Waals surface area contributed by atoms with E-state index in [1.807, 2.05) is 0 Å². The van der Waals surface area contributed by atoms with Crippen LogP contribution in [0.5, 0.6) is 0 Å². The highest BCUT2D eigenvalue weighted by Crippen LogP contribution is 2.28. The van der Waals surface area contributed by atoms with E-state index in [4.69, 9.17) is 22.4 Å². The lowest BCUT2D eigenvalue weighted by Crippen LogP contribution is -2.42. The van der Waals surface area contributed by atoms with Crippen LogP contribution in [0.15, 0.2) is 78.2 Å². The van der Waals surface area contributed by atoms with Gasteiger partial charge in [0.2, 0.25) is 0 Å². The molecule has 0 unspecified atom stereocenters. The smallest absolute Gasteiger partial charge is 0.331 e. The third kappa shape index (κ3) is 6.05. The van der Waals surface area contributed by atoms with E-state index in [-0.39, 0.29) is 16.3 Å². The first-order chi connectivity index (χ1) is 14.7.